The number of aliphatic carboxylic acids is 2. The first-order valence-electron chi connectivity index (χ1n) is 8.50. The van der Waals surface area contributed by atoms with Crippen molar-refractivity contribution in [1.29, 1.82) is 0 Å². The number of nitrogens with two attached hydrogens (primary N) is 1. The van der Waals surface area contributed by atoms with Crippen molar-refractivity contribution in [3.05, 3.63) is 11.3 Å². The summed E-state index contributed by atoms with van der Waals surface area (Å²) in [5.74, 6) is -3.72. The summed E-state index contributed by atoms with van der Waals surface area (Å²) in [5.41, 5.74) is 3.58. The first-order chi connectivity index (χ1) is 13.7. The fourth-order valence-electron chi connectivity index (χ4n) is 3.06. The Morgan fingerprint density at radius 1 is 1.45 bits per heavy atom. The van der Waals surface area contributed by atoms with Crippen molar-refractivity contribution in [2.75, 3.05) is 19.5 Å². The van der Waals surface area contributed by atoms with Gasteiger partial charge in [-0.05, 0) is 12.8 Å². The van der Waals surface area contributed by atoms with Gasteiger partial charge in [0.1, 0.15) is 23.7 Å². The highest BCUT2D eigenvalue weighted by molar-refractivity contribution is 8.00. The Balaban J connectivity index is 2.10. The van der Waals surface area contributed by atoms with Crippen LogP contribution in [0.15, 0.2) is 11.3 Å². The van der Waals surface area contributed by atoms with E-state index < -0.39 is 40.9 Å². The van der Waals surface area contributed by atoms with E-state index in [1.54, 1.807) is 0 Å². The van der Waals surface area contributed by atoms with E-state index in [1.807, 2.05) is 0 Å². The van der Waals surface area contributed by atoms with E-state index in [0.29, 0.717) is 0 Å². The number of β-lactam (4-membered cyclic amide) rings is 1. The molecule has 2 amide bonds. The lowest BCUT2D eigenvalue weighted by Crippen LogP contribution is -2.80. The number of nitrogens with one attached hydrogen (secondary N) is 1. The minimum atomic E-state index is -1.74. The summed E-state index contributed by atoms with van der Waals surface area (Å²) in [5, 5.41) is 19.9. The van der Waals surface area contributed by atoms with Crippen molar-refractivity contribution < 1.29 is 43.7 Å². The SMILES string of the molecule is CO[C@@]1(NC(=O)CCCC(N)C(=O)O)C(=O)N2C(C(=O)O)=C(COC=O)CS[C@@H]21. The van der Waals surface area contributed by atoms with E-state index in [0.717, 1.165) is 16.7 Å². The molecule has 2 heterocycles. The van der Waals surface area contributed by atoms with E-state index in [-0.39, 0.29) is 49.4 Å². The Morgan fingerprint density at radius 2 is 2.14 bits per heavy atom. The van der Waals surface area contributed by atoms with Crippen LogP contribution in [-0.4, -0.2) is 81.9 Å². The van der Waals surface area contributed by atoms with Gasteiger partial charge in [0.2, 0.25) is 5.91 Å². The molecule has 0 aromatic heterocycles. The molecule has 0 aromatic rings. The zero-order chi connectivity index (χ0) is 21.8. The molecule has 2 rings (SSSR count). The standard InChI is InChI=1S/C16H21N3O9S/c1-27-16(18-10(21)4-2-3-9(17)12(22)23)14(26)19-11(13(24)25)8(5-28-7-20)6-29-15(16)19/h7,9,15H,2-6,17H2,1H3,(H,18,21)(H,22,23)(H,24,25)/t9?,15-,16+/m1/s1. The molecule has 0 aromatic carbocycles. The van der Waals surface area contributed by atoms with E-state index in [2.05, 4.69) is 10.1 Å². The number of hydrogen-bond donors (Lipinski definition) is 4. The maximum absolute atomic E-state index is 12.8. The van der Waals surface area contributed by atoms with Gasteiger partial charge in [0.15, 0.2) is 0 Å². The lowest BCUT2D eigenvalue weighted by Gasteiger charge is -2.55. The molecule has 1 unspecified atom stereocenters. The van der Waals surface area contributed by atoms with E-state index in [4.69, 9.17) is 15.6 Å². The molecule has 12 nitrogen and oxygen atoms in total. The lowest BCUT2D eigenvalue weighted by molar-refractivity contribution is -0.192. The zero-order valence-corrected chi connectivity index (χ0v) is 16.3. The Labute approximate surface area is 169 Å². The van der Waals surface area contributed by atoms with Gasteiger partial charge in [-0.3, -0.25) is 24.1 Å². The third-order valence-electron chi connectivity index (χ3n) is 4.52. The largest absolute Gasteiger partial charge is 0.480 e. The van der Waals surface area contributed by atoms with Crippen LogP contribution in [0.2, 0.25) is 0 Å². The second kappa shape index (κ2) is 9.24. The van der Waals surface area contributed by atoms with Crippen LogP contribution in [0.25, 0.3) is 0 Å². The highest BCUT2D eigenvalue weighted by atomic mass is 32.2. The van der Waals surface area contributed by atoms with Gasteiger partial charge in [0, 0.05) is 24.9 Å². The predicted molar refractivity (Wildman–Crippen MR) is 97.1 cm³/mol. The van der Waals surface area contributed by atoms with Crippen LogP contribution in [0.3, 0.4) is 0 Å². The molecular weight excluding hydrogens is 410 g/mol. The molecule has 0 radical (unpaired) electrons. The molecule has 0 aliphatic carbocycles. The molecule has 0 saturated carbocycles. The molecule has 3 atom stereocenters. The summed E-state index contributed by atoms with van der Waals surface area (Å²) in [6.07, 6.45) is 0.173. The van der Waals surface area contributed by atoms with E-state index in [1.165, 1.54) is 7.11 Å². The molecule has 13 heteroatoms. The van der Waals surface area contributed by atoms with Crippen LogP contribution in [0.4, 0.5) is 0 Å². The number of amides is 2. The Bertz CT molecular complexity index is 756. The molecule has 29 heavy (non-hydrogen) atoms. The van der Waals surface area contributed by atoms with Crippen molar-refractivity contribution in [2.45, 2.75) is 36.4 Å². The fourth-order valence-corrected chi connectivity index (χ4v) is 4.48. The first-order valence-corrected chi connectivity index (χ1v) is 9.54. The van der Waals surface area contributed by atoms with Crippen molar-refractivity contribution in [2.24, 2.45) is 5.73 Å². The number of carboxylic acids is 2. The number of nitrogens with zero attached hydrogens (tertiary/aromatic N) is 1. The number of hydrogen-bond acceptors (Lipinski definition) is 9. The van der Waals surface area contributed by atoms with E-state index in [9.17, 15) is 29.1 Å². The van der Waals surface area contributed by atoms with E-state index >= 15 is 0 Å². The van der Waals surface area contributed by atoms with Gasteiger partial charge in [-0.25, -0.2) is 4.79 Å². The molecule has 1 fully saturated rings. The second-order valence-corrected chi connectivity index (χ2v) is 7.40. The van der Waals surface area contributed by atoms with Gasteiger partial charge in [-0.1, -0.05) is 0 Å². The summed E-state index contributed by atoms with van der Waals surface area (Å²) in [6.45, 7) is -0.0953. The van der Waals surface area contributed by atoms with Crippen molar-refractivity contribution in [3.63, 3.8) is 0 Å². The van der Waals surface area contributed by atoms with Crippen LogP contribution < -0.4 is 11.1 Å². The Kier molecular flexibility index (Phi) is 7.21. The molecule has 0 bridgehead atoms. The van der Waals surface area contributed by atoms with Gasteiger partial charge >= 0.3 is 11.9 Å². The van der Waals surface area contributed by atoms with Gasteiger partial charge in [0.05, 0.1) is 0 Å². The van der Waals surface area contributed by atoms with Crippen LogP contribution in [0.1, 0.15) is 19.3 Å². The summed E-state index contributed by atoms with van der Waals surface area (Å²) in [4.78, 5) is 58.8. The zero-order valence-electron chi connectivity index (χ0n) is 15.5. The molecule has 5 N–H and O–H groups in total. The second-order valence-electron chi connectivity index (χ2n) is 6.33. The third-order valence-corrected chi connectivity index (χ3v) is 5.90. The quantitative estimate of drug-likeness (QED) is 0.169. The Morgan fingerprint density at radius 3 is 2.69 bits per heavy atom. The molecule has 0 spiro atoms. The number of methoxy groups -OCH3 is 1. The van der Waals surface area contributed by atoms with Crippen molar-refractivity contribution >= 4 is 42.0 Å². The Hall–Kier alpha value is -2.64. The number of carbonyl (C=O) groups excluding carboxylic acids is 3. The number of ether oxygens (including phenoxy) is 2. The van der Waals surface area contributed by atoms with Crippen LogP contribution in [-0.2, 0) is 33.4 Å². The van der Waals surface area contributed by atoms with Gasteiger partial charge in [-0.15, -0.1) is 11.8 Å². The van der Waals surface area contributed by atoms with Crippen LogP contribution in [0.5, 0.6) is 0 Å². The number of thioether (sulfide) groups is 1. The summed E-state index contributed by atoms with van der Waals surface area (Å²) in [6, 6.07) is -1.09. The molecule has 2 aliphatic rings. The highest BCUT2D eigenvalue weighted by Gasteiger charge is 2.66. The maximum Gasteiger partial charge on any atom is 0.352 e. The summed E-state index contributed by atoms with van der Waals surface area (Å²) in [7, 11) is 1.21. The number of fused-ring (bicyclic) bond motifs is 1. The molecular formula is C16H21N3O9S. The topological polar surface area (TPSA) is 186 Å². The smallest absolute Gasteiger partial charge is 0.352 e. The number of rotatable bonds is 11. The highest BCUT2D eigenvalue weighted by Crippen LogP contribution is 2.46. The first kappa shape index (κ1) is 22.6. The van der Waals surface area contributed by atoms with Gasteiger partial charge < -0.3 is 30.7 Å². The average molecular weight is 431 g/mol. The number of carboxylic acid groups (broad SMARTS) is 2. The lowest BCUT2D eigenvalue weighted by atomic mass is 9.97. The predicted octanol–water partition coefficient (Wildman–Crippen LogP) is -1.55. The maximum atomic E-state index is 12.8. The third kappa shape index (κ3) is 4.36. The monoisotopic (exact) mass is 431 g/mol. The van der Waals surface area contributed by atoms with Gasteiger partial charge in [0.25, 0.3) is 18.1 Å². The van der Waals surface area contributed by atoms with Crippen molar-refractivity contribution in [1.82, 2.24) is 10.2 Å². The fraction of sp³-hybridized carbons (Fsp3) is 0.562. The average Bonchev–Trinajstić information content (AvgIpc) is 2.68. The minimum Gasteiger partial charge on any atom is -0.480 e. The van der Waals surface area contributed by atoms with Crippen LogP contribution >= 0.6 is 11.8 Å². The summed E-state index contributed by atoms with van der Waals surface area (Å²) >= 11 is 1.15. The number of carbonyl (C=O) groups is 5. The molecule has 2 aliphatic heterocycles. The van der Waals surface area contributed by atoms with Crippen molar-refractivity contribution in [3.8, 4) is 0 Å². The summed E-state index contributed by atoms with van der Waals surface area (Å²) < 4.78 is 9.88. The minimum absolute atomic E-state index is 0.0764. The normalized spacial score (nSPS) is 24.3. The van der Waals surface area contributed by atoms with Gasteiger partial charge in [-0.2, -0.15) is 0 Å². The molecule has 1 saturated heterocycles. The van der Waals surface area contributed by atoms with Crippen LogP contribution in [0, 0.1) is 0 Å². The molecule has 160 valence electrons.